The van der Waals surface area contributed by atoms with Crippen LogP contribution in [0.5, 0.6) is 0 Å². The molecule has 2 saturated heterocycles. The molecule has 14 amide bonds. The molecule has 15 unspecified atom stereocenters. The van der Waals surface area contributed by atoms with E-state index >= 15 is 0 Å². The fourth-order valence-corrected chi connectivity index (χ4v) is 8.29. The fraction of sp³-hybridized carbons (Fsp3) is 0.700. The first-order valence-electron chi connectivity index (χ1n) is 28.0. The van der Waals surface area contributed by atoms with Gasteiger partial charge in [0.25, 0.3) is 0 Å². The molecular formula is C50H83N15O25. The topological polar surface area (TPSA) is 623 Å². The molecule has 0 aromatic heterocycles. The van der Waals surface area contributed by atoms with Crippen LogP contribution in [0.3, 0.4) is 0 Å². The normalized spacial score (nSPS) is 22.7. The van der Waals surface area contributed by atoms with Crippen LogP contribution >= 0.6 is 0 Å². The number of carbonyl (C=O) groups excluding carboxylic acids is 14. The maximum absolute atomic E-state index is 13.7. The number of nitrogens with one attached hydrogen (secondary N) is 13. The van der Waals surface area contributed by atoms with E-state index in [2.05, 4.69) is 63.8 Å². The number of rotatable bonds is 38. The Morgan fingerprint density at radius 1 is 0.511 bits per heavy atom. The smallest absolute Gasteiger partial charge is 0.322 e. The van der Waals surface area contributed by atoms with E-state index in [1.54, 1.807) is 0 Å². The van der Waals surface area contributed by atoms with Gasteiger partial charge >= 0.3 is 5.97 Å². The van der Waals surface area contributed by atoms with Crippen LogP contribution < -0.4 is 80.6 Å². The largest absolute Gasteiger partial charge is 0.480 e. The van der Waals surface area contributed by atoms with Crippen LogP contribution in [0.1, 0.15) is 66.7 Å². The Bertz CT molecular complexity index is 2530. The van der Waals surface area contributed by atoms with E-state index in [-0.39, 0.29) is 32.4 Å². The lowest BCUT2D eigenvalue weighted by Crippen LogP contribution is -2.70. The average Bonchev–Trinajstić information content (AvgIpc) is 0.811. The second kappa shape index (κ2) is 39.6. The first-order chi connectivity index (χ1) is 42.3. The Morgan fingerprint density at radius 2 is 1.01 bits per heavy atom. The van der Waals surface area contributed by atoms with Gasteiger partial charge in [-0.2, -0.15) is 0 Å². The number of hydrogen-bond acceptors (Lipinski definition) is 25. The molecule has 2 aliphatic heterocycles. The summed E-state index contributed by atoms with van der Waals surface area (Å²) in [7, 11) is 0. The monoisotopic (exact) mass is 1290 g/mol. The number of ether oxygens (including phenoxy) is 4. The molecular weight excluding hydrogens is 1210 g/mol. The summed E-state index contributed by atoms with van der Waals surface area (Å²) in [6.45, 7) is 0.0753. The number of aliphatic hydroxyl groups is 5. The molecule has 2 fully saturated rings. The molecule has 2 heterocycles. The Hall–Kier alpha value is -8.35. The SMILES string of the molecule is CC(=O)NC1C(OC2C(CO)OC(O)C(NC(C)=O)C2OC(C)C(=O)NC(C)C(=O)NC(CCC(=O)NC(CCCCNC(=O)CNC(=O)CNC(=O)CNC(=O)CNC(=O)CN)C(=O)NC(C)C(=O)NCC(=O)NCC(=O)O)C(N)=O)OC(CO)C(O)C1O. The molecule has 508 valence electrons. The van der Waals surface area contributed by atoms with Gasteiger partial charge in [-0.25, -0.2) is 0 Å². The highest BCUT2D eigenvalue weighted by Crippen LogP contribution is 2.31. The number of carboxylic acids is 1. The van der Waals surface area contributed by atoms with Crippen molar-refractivity contribution in [3.63, 3.8) is 0 Å². The molecule has 2 aliphatic rings. The quantitative estimate of drug-likeness (QED) is 0.0255. The molecule has 23 N–H and O–H groups in total. The van der Waals surface area contributed by atoms with Crippen LogP contribution in [-0.4, -0.2) is 276 Å². The summed E-state index contributed by atoms with van der Waals surface area (Å²) in [4.78, 5) is 186. The molecule has 0 radical (unpaired) electrons. The Labute approximate surface area is 513 Å². The predicted octanol–water partition coefficient (Wildman–Crippen LogP) is -13.4. The van der Waals surface area contributed by atoms with Gasteiger partial charge in [0.2, 0.25) is 82.7 Å². The number of unbranched alkanes of at least 4 members (excludes halogenated alkanes) is 1. The number of aliphatic hydroxyl groups excluding tert-OH is 5. The zero-order chi connectivity index (χ0) is 67.9. The lowest BCUT2D eigenvalue weighted by Gasteiger charge is -2.48. The van der Waals surface area contributed by atoms with Crippen molar-refractivity contribution in [3.05, 3.63) is 0 Å². The molecule has 40 nitrogen and oxygen atoms in total. The van der Waals surface area contributed by atoms with Gasteiger partial charge in [-0.05, 0) is 46.5 Å². The van der Waals surface area contributed by atoms with E-state index in [1.807, 2.05) is 5.32 Å². The summed E-state index contributed by atoms with van der Waals surface area (Å²) < 4.78 is 23.2. The number of carboxylic acid groups (broad SMARTS) is 1. The number of nitrogens with two attached hydrogens (primary N) is 2. The van der Waals surface area contributed by atoms with Crippen LogP contribution in [-0.2, 0) is 90.9 Å². The molecule has 0 spiro atoms. The van der Waals surface area contributed by atoms with E-state index in [9.17, 15) is 97.5 Å². The van der Waals surface area contributed by atoms with Crippen LogP contribution in [0.25, 0.3) is 0 Å². The fourth-order valence-electron chi connectivity index (χ4n) is 8.29. The molecule has 2 rings (SSSR count). The van der Waals surface area contributed by atoms with Gasteiger partial charge < -0.3 is 130 Å². The van der Waals surface area contributed by atoms with Gasteiger partial charge in [0, 0.05) is 26.8 Å². The summed E-state index contributed by atoms with van der Waals surface area (Å²) in [5, 5.41) is 91.2. The summed E-state index contributed by atoms with van der Waals surface area (Å²) in [5.74, 6) is -13.2. The summed E-state index contributed by atoms with van der Waals surface area (Å²) in [6.07, 6.45) is -16.2. The van der Waals surface area contributed by atoms with Crippen molar-refractivity contribution in [1.29, 1.82) is 0 Å². The number of carbonyl (C=O) groups is 15. The average molecular weight is 1290 g/mol. The highest BCUT2D eigenvalue weighted by molar-refractivity contribution is 5.95. The molecule has 0 aliphatic carbocycles. The van der Waals surface area contributed by atoms with Gasteiger partial charge in [-0.3, -0.25) is 71.9 Å². The van der Waals surface area contributed by atoms with E-state index in [4.69, 9.17) is 35.5 Å². The Kier molecular flexibility index (Phi) is 34.2. The molecule has 0 aromatic rings. The first kappa shape index (κ1) is 77.7. The highest BCUT2D eigenvalue weighted by Gasteiger charge is 2.53. The maximum Gasteiger partial charge on any atom is 0.322 e. The number of amides is 14. The lowest BCUT2D eigenvalue weighted by atomic mass is 9.94. The summed E-state index contributed by atoms with van der Waals surface area (Å²) in [5.41, 5.74) is 10.7. The van der Waals surface area contributed by atoms with E-state index in [1.165, 1.54) is 20.8 Å². The summed E-state index contributed by atoms with van der Waals surface area (Å²) in [6, 6.07) is -8.99. The molecule has 40 heteroatoms. The second-order valence-corrected chi connectivity index (χ2v) is 20.4. The highest BCUT2D eigenvalue weighted by atomic mass is 16.7. The van der Waals surface area contributed by atoms with Crippen molar-refractivity contribution in [3.8, 4) is 0 Å². The Morgan fingerprint density at radius 3 is 1.53 bits per heavy atom. The van der Waals surface area contributed by atoms with Crippen LogP contribution in [0.2, 0.25) is 0 Å². The van der Waals surface area contributed by atoms with Crippen molar-refractivity contribution in [2.24, 2.45) is 11.5 Å². The van der Waals surface area contributed by atoms with Gasteiger partial charge in [-0.15, -0.1) is 0 Å². The third-order valence-corrected chi connectivity index (χ3v) is 13.0. The first-order valence-corrected chi connectivity index (χ1v) is 28.0. The van der Waals surface area contributed by atoms with Gasteiger partial charge in [0.15, 0.2) is 12.6 Å². The van der Waals surface area contributed by atoms with E-state index in [0.717, 1.165) is 13.8 Å². The third kappa shape index (κ3) is 28.0. The maximum atomic E-state index is 13.7. The van der Waals surface area contributed by atoms with Crippen molar-refractivity contribution in [2.75, 3.05) is 65.6 Å². The van der Waals surface area contributed by atoms with E-state index in [0.29, 0.717) is 0 Å². The predicted molar refractivity (Wildman–Crippen MR) is 299 cm³/mol. The van der Waals surface area contributed by atoms with Gasteiger partial charge in [0.05, 0.1) is 52.5 Å². The molecule has 0 bridgehead atoms. The van der Waals surface area contributed by atoms with Crippen LogP contribution in [0.15, 0.2) is 0 Å². The van der Waals surface area contributed by atoms with Crippen LogP contribution in [0.4, 0.5) is 0 Å². The number of aliphatic carboxylic acids is 1. The minimum absolute atomic E-state index is 0.0302. The lowest BCUT2D eigenvalue weighted by molar-refractivity contribution is -0.333. The molecule has 90 heavy (non-hydrogen) atoms. The minimum Gasteiger partial charge on any atom is -0.480 e. The summed E-state index contributed by atoms with van der Waals surface area (Å²) >= 11 is 0. The molecule has 0 aromatic carbocycles. The molecule has 0 saturated carbocycles. The minimum atomic E-state index is -1.93. The number of primary amides is 1. The van der Waals surface area contributed by atoms with Crippen molar-refractivity contribution >= 4 is 88.7 Å². The molecule has 15 atom stereocenters. The number of hydrogen-bond donors (Lipinski definition) is 21. The van der Waals surface area contributed by atoms with Crippen molar-refractivity contribution in [1.82, 2.24) is 69.1 Å². The Balaban J connectivity index is 2.13. The van der Waals surface area contributed by atoms with Crippen molar-refractivity contribution < 1.29 is 122 Å². The second-order valence-electron chi connectivity index (χ2n) is 20.4. The zero-order valence-corrected chi connectivity index (χ0v) is 49.9. The third-order valence-electron chi connectivity index (χ3n) is 13.0. The van der Waals surface area contributed by atoms with E-state index < -0.39 is 246 Å². The zero-order valence-electron chi connectivity index (χ0n) is 49.9. The van der Waals surface area contributed by atoms with Crippen LogP contribution in [0, 0.1) is 0 Å². The van der Waals surface area contributed by atoms with Gasteiger partial charge in [0.1, 0.15) is 85.5 Å². The van der Waals surface area contributed by atoms with Crippen molar-refractivity contribution in [2.45, 2.75) is 158 Å². The van der Waals surface area contributed by atoms with Gasteiger partial charge in [-0.1, -0.05) is 0 Å². The standard InChI is InChI=1S/C50H83N15O25/c1-21(45(82)59-17-36(76)58-18-37(77)78)61-48(85)27(8-6-7-11-53-32(72)13-55-34(74)15-57-35(75)16-56-33(73)14-54-31(71)12-51)64-30(70)10-9-26(44(52)81)65-46(83)22(2)60-47(84)23(3)87-43-39(63-25(5)69)49(86)88-29(20-67)42(43)90-50-38(62-24(4)68)41(80)40(79)28(19-66)89-50/h21-23,26-29,38-43,49-50,66-67,79-80,86H,6-20,51H2,1-5H3,(H2,52,81)(H,53,72)(H,54,71)(H,55,74)(H,56,73)(H,57,75)(H,58,76)(H,59,82)(H,60,84)(H,61,85)(H,62,68)(H,63,69)(H,64,70)(H,65,83)(H,77,78).